The molecule has 1 aliphatic rings. The molecule has 3 heterocycles. The number of fused-ring (bicyclic) bond motifs is 2. The molecule has 0 spiro atoms. The van der Waals surface area contributed by atoms with Crippen LogP contribution >= 0.6 is 11.8 Å². The van der Waals surface area contributed by atoms with E-state index in [1.807, 2.05) is 30.3 Å². The van der Waals surface area contributed by atoms with E-state index in [1.165, 1.54) is 16.3 Å². The van der Waals surface area contributed by atoms with Gasteiger partial charge in [0.2, 0.25) is 12.7 Å². The van der Waals surface area contributed by atoms with Gasteiger partial charge in [0, 0.05) is 16.6 Å². The van der Waals surface area contributed by atoms with E-state index >= 15 is 0 Å². The van der Waals surface area contributed by atoms with Crippen molar-refractivity contribution in [2.75, 3.05) is 12.1 Å². The Hall–Kier alpha value is -3.79. The number of carbonyl (C=O) groups excluding carboxylic acids is 1. The van der Waals surface area contributed by atoms with Gasteiger partial charge in [-0.2, -0.15) is 9.61 Å². The molecule has 0 aliphatic carbocycles. The molecule has 4 aromatic rings. The zero-order valence-electron chi connectivity index (χ0n) is 15.5. The Bertz CT molecular complexity index is 1300. The third-order valence-corrected chi connectivity index (χ3v) is 5.27. The molecule has 5 rings (SSSR count). The minimum Gasteiger partial charge on any atom is -0.454 e. The Morgan fingerprint density at radius 3 is 2.73 bits per heavy atom. The highest BCUT2D eigenvalue weighted by Gasteiger charge is 2.16. The maximum Gasteiger partial charge on any atom is 0.367 e. The molecule has 150 valence electrons. The fraction of sp³-hybridized carbons (Fsp3) is 0.100. The minimum absolute atomic E-state index is 0.154. The summed E-state index contributed by atoms with van der Waals surface area (Å²) in [7, 11) is 0. The predicted octanol–water partition coefficient (Wildman–Crippen LogP) is 2.41. The molecule has 9 nitrogen and oxygen atoms in total. The van der Waals surface area contributed by atoms with Crippen LogP contribution in [0.25, 0.3) is 5.65 Å². The molecule has 0 fully saturated rings. The van der Waals surface area contributed by atoms with Gasteiger partial charge in [-0.25, -0.2) is 9.48 Å². The molecule has 30 heavy (non-hydrogen) atoms. The van der Waals surface area contributed by atoms with E-state index in [0.29, 0.717) is 27.9 Å². The molecule has 0 saturated heterocycles. The molecule has 2 aromatic carbocycles. The highest BCUT2D eigenvalue weighted by atomic mass is 32.2. The molecule has 0 atom stereocenters. The number of benzene rings is 2. The second kappa shape index (κ2) is 7.56. The maximum atomic E-state index is 12.6. The van der Waals surface area contributed by atoms with Crippen molar-refractivity contribution in [1.29, 1.82) is 0 Å². The highest BCUT2D eigenvalue weighted by Crippen LogP contribution is 2.34. The van der Waals surface area contributed by atoms with Crippen LogP contribution in [0, 0.1) is 0 Å². The summed E-state index contributed by atoms with van der Waals surface area (Å²) in [5.74, 6) is 0.795. The lowest BCUT2D eigenvalue weighted by Gasteiger charge is -2.05. The second-order valence-electron chi connectivity index (χ2n) is 6.41. The van der Waals surface area contributed by atoms with Gasteiger partial charge in [0.15, 0.2) is 17.1 Å². The van der Waals surface area contributed by atoms with Crippen LogP contribution in [0.3, 0.4) is 0 Å². The van der Waals surface area contributed by atoms with Crippen molar-refractivity contribution >= 4 is 29.0 Å². The quantitative estimate of drug-likeness (QED) is 0.528. The monoisotopic (exact) mass is 421 g/mol. The number of anilines is 1. The van der Waals surface area contributed by atoms with Gasteiger partial charge >= 0.3 is 5.69 Å². The van der Waals surface area contributed by atoms with Crippen LogP contribution in [0.15, 0.2) is 75.4 Å². The Morgan fingerprint density at radius 2 is 1.87 bits per heavy atom. The molecule has 0 unspecified atom stereocenters. The standard InChI is InChI=1S/C20H15N5O4S/c26-18(21-13-6-7-15-16(10-13)29-12-28-15)11-24-20(27)25-17(22-24)8-9-19(23-25)30-14-4-2-1-3-5-14/h1-10H,11-12H2,(H,21,26). The van der Waals surface area contributed by atoms with E-state index in [2.05, 4.69) is 15.5 Å². The van der Waals surface area contributed by atoms with Crippen molar-refractivity contribution in [3.05, 3.63) is 71.1 Å². The summed E-state index contributed by atoms with van der Waals surface area (Å²) in [6.07, 6.45) is 0. The number of amides is 1. The van der Waals surface area contributed by atoms with E-state index < -0.39 is 11.6 Å². The first kappa shape index (κ1) is 18.3. The molecule has 0 saturated carbocycles. The number of ether oxygens (including phenoxy) is 2. The molecule has 1 aliphatic heterocycles. The smallest absolute Gasteiger partial charge is 0.367 e. The van der Waals surface area contributed by atoms with E-state index in [4.69, 9.17) is 9.47 Å². The van der Waals surface area contributed by atoms with Crippen molar-refractivity contribution in [2.45, 2.75) is 16.5 Å². The lowest BCUT2D eigenvalue weighted by atomic mass is 10.3. The summed E-state index contributed by atoms with van der Waals surface area (Å²) >= 11 is 1.44. The summed E-state index contributed by atoms with van der Waals surface area (Å²) in [4.78, 5) is 26.1. The summed E-state index contributed by atoms with van der Waals surface area (Å²) in [5.41, 5.74) is 0.426. The van der Waals surface area contributed by atoms with Crippen molar-refractivity contribution < 1.29 is 14.3 Å². The first-order chi connectivity index (χ1) is 14.7. The van der Waals surface area contributed by atoms with Crippen molar-refractivity contribution in [3.8, 4) is 11.5 Å². The SMILES string of the molecule is O=C(Cn1nc2ccc(Sc3ccccc3)nn2c1=O)Nc1ccc2c(c1)OCO2. The first-order valence-corrected chi connectivity index (χ1v) is 9.87. The van der Waals surface area contributed by atoms with Crippen LogP contribution in [0.2, 0.25) is 0 Å². The third-order valence-electron chi connectivity index (χ3n) is 4.33. The average Bonchev–Trinajstić information content (AvgIpc) is 3.33. The summed E-state index contributed by atoms with van der Waals surface area (Å²) in [6.45, 7) is -0.0846. The highest BCUT2D eigenvalue weighted by molar-refractivity contribution is 7.99. The molecular formula is C20H15N5O4S. The average molecular weight is 421 g/mol. The Labute approximate surface area is 174 Å². The Balaban J connectivity index is 1.33. The number of nitrogens with zero attached hydrogens (tertiary/aromatic N) is 4. The number of hydrogen-bond donors (Lipinski definition) is 1. The lowest BCUT2D eigenvalue weighted by molar-refractivity contribution is -0.117. The maximum absolute atomic E-state index is 12.6. The van der Waals surface area contributed by atoms with Crippen molar-refractivity contribution in [2.24, 2.45) is 0 Å². The largest absolute Gasteiger partial charge is 0.454 e. The van der Waals surface area contributed by atoms with Gasteiger partial charge in [-0.15, -0.1) is 5.10 Å². The molecule has 1 amide bonds. The van der Waals surface area contributed by atoms with E-state index in [-0.39, 0.29) is 13.3 Å². The zero-order valence-corrected chi connectivity index (χ0v) is 16.3. The summed E-state index contributed by atoms with van der Waals surface area (Å²) < 4.78 is 12.8. The molecule has 1 N–H and O–H groups in total. The Kier molecular flexibility index (Phi) is 4.60. The minimum atomic E-state index is -0.485. The third kappa shape index (κ3) is 3.60. The van der Waals surface area contributed by atoms with Crippen LogP contribution < -0.4 is 20.5 Å². The number of aromatic nitrogens is 4. The fourth-order valence-electron chi connectivity index (χ4n) is 2.97. The normalized spacial score (nSPS) is 12.3. The van der Waals surface area contributed by atoms with Crippen LogP contribution in [-0.4, -0.2) is 32.1 Å². The van der Waals surface area contributed by atoms with Crippen LogP contribution in [0.1, 0.15) is 0 Å². The van der Waals surface area contributed by atoms with E-state index in [1.54, 1.807) is 30.3 Å². The van der Waals surface area contributed by atoms with Gasteiger partial charge in [0.05, 0.1) is 0 Å². The van der Waals surface area contributed by atoms with Gasteiger partial charge in [0.1, 0.15) is 11.6 Å². The topological polar surface area (TPSA) is 99.8 Å². The van der Waals surface area contributed by atoms with Crippen LogP contribution in [0.4, 0.5) is 5.69 Å². The van der Waals surface area contributed by atoms with Crippen LogP contribution in [-0.2, 0) is 11.3 Å². The van der Waals surface area contributed by atoms with Crippen molar-refractivity contribution in [3.63, 3.8) is 0 Å². The number of carbonyl (C=O) groups is 1. The number of hydrogen-bond acceptors (Lipinski definition) is 7. The molecule has 0 bridgehead atoms. The summed E-state index contributed by atoms with van der Waals surface area (Å²) in [6, 6.07) is 18.3. The molecule has 0 radical (unpaired) electrons. The van der Waals surface area contributed by atoms with Crippen molar-refractivity contribution in [1.82, 2.24) is 19.4 Å². The molecule has 10 heteroatoms. The van der Waals surface area contributed by atoms with Gasteiger partial charge < -0.3 is 14.8 Å². The second-order valence-corrected chi connectivity index (χ2v) is 7.51. The van der Waals surface area contributed by atoms with Gasteiger partial charge in [-0.3, -0.25) is 4.79 Å². The Morgan fingerprint density at radius 1 is 1.03 bits per heavy atom. The molecular weight excluding hydrogens is 406 g/mol. The van der Waals surface area contributed by atoms with Gasteiger partial charge in [0.25, 0.3) is 0 Å². The fourth-order valence-corrected chi connectivity index (χ4v) is 3.76. The van der Waals surface area contributed by atoms with E-state index in [9.17, 15) is 9.59 Å². The number of rotatable bonds is 5. The molecule has 2 aromatic heterocycles. The lowest BCUT2D eigenvalue weighted by Crippen LogP contribution is -2.28. The van der Waals surface area contributed by atoms with Gasteiger partial charge in [-0.05, 0) is 36.4 Å². The summed E-state index contributed by atoms with van der Waals surface area (Å²) in [5, 5.41) is 11.9. The van der Waals surface area contributed by atoms with Crippen LogP contribution in [0.5, 0.6) is 11.5 Å². The first-order valence-electron chi connectivity index (χ1n) is 9.05. The zero-order chi connectivity index (χ0) is 20.5. The number of nitrogens with one attached hydrogen (secondary N) is 1. The van der Waals surface area contributed by atoms with E-state index in [0.717, 1.165) is 9.58 Å². The van der Waals surface area contributed by atoms with Gasteiger partial charge in [-0.1, -0.05) is 30.0 Å². The predicted molar refractivity (Wildman–Crippen MR) is 109 cm³/mol.